The summed E-state index contributed by atoms with van der Waals surface area (Å²) < 4.78 is 0. The van der Waals surface area contributed by atoms with Crippen molar-refractivity contribution < 1.29 is 0 Å². The van der Waals surface area contributed by atoms with Crippen molar-refractivity contribution in [2.45, 2.75) is 12.8 Å². The number of halogens is 1. The highest BCUT2D eigenvalue weighted by molar-refractivity contribution is 6.33. The van der Waals surface area contributed by atoms with Crippen molar-refractivity contribution in [2.24, 2.45) is 0 Å². The van der Waals surface area contributed by atoms with E-state index in [2.05, 4.69) is 44.5 Å². The van der Waals surface area contributed by atoms with Gasteiger partial charge in [-0.2, -0.15) is 0 Å². The van der Waals surface area contributed by atoms with Gasteiger partial charge in [0.25, 0.3) is 0 Å². The van der Waals surface area contributed by atoms with E-state index in [1.807, 2.05) is 30.3 Å². The minimum atomic E-state index is 0.668. The highest BCUT2D eigenvalue weighted by Gasteiger charge is 2.19. The van der Waals surface area contributed by atoms with Crippen LogP contribution in [0.1, 0.15) is 12.0 Å². The molecule has 0 atom stereocenters. The van der Waals surface area contributed by atoms with E-state index in [0.29, 0.717) is 5.02 Å². The van der Waals surface area contributed by atoms with Gasteiger partial charge in [-0.05, 0) is 36.6 Å². The smallest absolute Gasteiger partial charge is 0.138 e. The molecule has 1 aliphatic rings. The number of hydrogen-bond donors (Lipinski definition) is 1. The van der Waals surface area contributed by atoms with Crippen LogP contribution in [-0.4, -0.2) is 16.5 Å². The summed E-state index contributed by atoms with van der Waals surface area (Å²) in [7, 11) is 0. The van der Waals surface area contributed by atoms with Crippen molar-refractivity contribution in [3.05, 3.63) is 71.5 Å². The van der Waals surface area contributed by atoms with Gasteiger partial charge in [0.15, 0.2) is 0 Å². The fourth-order valence-corrected chi connectivity index (χ4v) is 3.22. The van der Waals surface area contributed by atoms with Crippen LogP contribution >= 0.6 is 11.6 Å². The van der Waals surface area contributed by atoms with Gasteiger partial charge in [-0.1, -0.05) is 41.9 Å². The molecule has 0 saturated heterocycles. The van der Waals surface area contributed by atoms with E-state index in [1.165, 1.54) is 11.3 Å². The first kappa shape index (κ1) is 15.0. The molecule has 0 amide bonds. The lowest BCUT2D eigenvalue weighted by Gasteiger charge is -2.30. The van der Waals surface area contributed by atoms with Crippen molar-refractivity contribution >= 4 is 34.6 Å². The Kier molecular flexibility index (Phi) is 4.05. The van der Waals surface area contributed by atoms with Crippen LogP contribution in [0.4, 0.5) is 23.0 Å². The summed E-state index contributed by atoms with van der Waals surface area (Å²) in [6, 6.07) is 18.1. The average Bonchev–Trinajstić information content (AvgIpc) is 2.63. The standard InChI is InChI=1S/C19H17ClN4/c20-15-8-2-3-9-16(15)23-18-12-19(22-13-21-18)24-11-5-7-14-6-1-4-10-17(14)24/h1-4,6,8-10,12-13H,5,7,11H2,(H,21,22,23). The molecule has 0 spiro atoms. The maximum atomic E-state index is 6.21. The second-order valence-corrected chi connectivity index (χ2v) is 6.16. The Hall–Kier alpha value is -2.59. The van der Waals surface area contributed by atoms with Gasteiger partial charge in [0.1, 0.15) is 18.0 Å². The quantitative estimate of drug-likeness (QED) is 0.734. The first-order chi connectivity index (χ1) is 11.8. The second-order valence-electron chi connectivity index (χ2n) is 5.75. The number of anilines is 4. The first-order valence-electron chi connectivity index (χ1n) is 8.00. The number of hydrogen-bond acceptors (Lipinski definition) is 4. The van der Waals surface area contributed by atoms with Crippen molar-refractivity contribution in [3.63, 3.8) is 0 Å². The van der Waals surface area contributed by atoms with Crippen molar-refractivity contribution in [1.82, 2.24) is 9.97 Å². The van der Waals surface area contributed by atoms with Crippen LogP contribution in [-0.2, 0) is 6.42 Å². The normalized spacial score (nSPS) is 13.5. The highest BCUT2D eigenvalue weighted by atomic mass is 35.5. The molecule has 3 aromatic rings. The van der Waals surface area contributed by atoms with Gasteiger partial charge in [0.05, 0.1) is 10.7 Å². The van der Waals surface area contributed by atoms with E-state index in [4.69, 9.17) is 11.6 Å². The van der Waals surface area contributed by atoms with E-state index in [-0.39, 0.29) is 0 Å². The van der Waals surface area contributed by atoms with E-state index in [0.717, 1.165) is 36.7 Å². The number of nitrogens with zero attached hydrogens (tertiary/aromatic N) is 3. The summed E-state index contributed by atoms with van der Waals surface area (Å²) in [5, 5.41) is 3.93. The molecule has 0 radical (unpaired) electrons. The fraction of sp³-hybridized carbons (Fsp3) is 0.158. The molecule has 120 valence electrons. The van der Waals surface area contributed by atoms with Crippen LogP contribution in [0.3, 0.4) is 0 Å². The van der Waals surface area contributed by atoms with Gasteiger partial charge in [-0.25, -0.2) is 9.97 Å². The maximum Gasteiger partial charge on any atom is 0.138 e. The topological polar surface area (TPSA) is 41.0 Å². The van der Waals surface area contributed by atoms with Crippen molar-refractivity contribution in [1.29, 1.82) is 0 Å². The van der Waals surface area contributed by atoms with Gasteiger partial charge in [0, 0.05) is 18.3 Å². The molecular weight excluding hydrogens is 320 g/mol. The molecule has 5 heteroatoms. The number of para-hydroxylation sites is 2. The van der Waals surface area contributed by atoms with Crippen molar-refractivity contribution in [2.75, 3.05) is 16.8 Å². The van der Waals surface area contributed by atoms with Gasteiger partial charge < -0.3 is 10.2 Å². The third kappa shape index (κ3) is 2.93. The zero-order valence-corrected chi connectivity index (χ0v) is 13.9. The molecule has 0 fully saturated rings. The number of aryl methyl sites for hydroxylation is 1. The van der Waals surface area contributed by atoms with Crippen LogP contribution in [0.2, 0.25) is 5.02 Å². The Morgan fingerprint density at radius 1 is 1.00 bits per heavy atom. The van der Waals surface area contributed by atoms with Crippen LogP contribution in [0.15, 0.2) is 60.9 Å². The Bertz CT molecular complexity index is 865. The molecule has 1 aromatic heterocycles. The number of fused-ring (bicyclic) bond motifs is 1. The molecule has 0 unspecified atom stereocenters. The Morgan fingerprint density at radius 2 is 1.83 bits per heavy atom. The molecule has 4 nitrogen and oxygen atoms in total. The fourth-order valence-electron chi connectivity index (χ4n) is 3.04. The molecule has 4 rings (SSSR count). The van der Waals surface area contributed by atoms with Crippen LogP contribution in [0, 0.1) is 0 Å². The first-order valence-corrected chi connectivity index (χ1v) is 8.38. The molecular formula is C19H17ClN4. The van der Waals surface area contributed by atoms with Crippen LogP contribution in [0.5, 0.6) is 0 Å². The zero-order valence-electron chi connectivity index (χ0n) is 13.1. The number of aromatic nitrogens is 2. The minimum absolute atomic E-state index is 0.668. The summed E-state index contributed by atoms with van der Waals surface area (Å²) in [5.41, 5.74) is 3.43. The molecule has 0 saturated carbocycles. The number of benzene rings is 2. The molecule has 1 aliphatic heterocycles. The van der Waals surface area contributed by atoms with Crippen LogP contribution in [0.25, 0.3) is 0 Å². The lowest BCUT2D eigenvalue weighted by Crippen LogP contribution is -2.25. The Balaban J connectivity index is 1.65. The second kappa shape index (κ2) is 6.49. The van der Waals surface area contributed by atoms with Gasteiger partial charge in [-0.15, -0.1) is 0 Å². The Labute approximate surface area is 146 Å². The Morgan fingerprint density at radius 3 is 2.75 bits per heavy atom. The summed E-state index contributed by atoms with van der Waals surface area (Å²) in [5.74, 6) is 1.63. The van der Waals surface area contributed by atoms with Gasteiger partial charge in [-0.3, -0.25) is 0 Å². The third-order valence-electron chi connectivity index (χ3n) is 4.18. The van der Waals surface area contributed by atoms with E-state index < -0.39 is 0 Å². The average molecular weight is 337 g/mol. The zero-order chi connectivity index (χ0) is 16.4. The van der Waals surface area contributed by atoms with Gasteiger partial charge in [0.2, 0.25) is 0 Å². The third-order valence-corrected chi connectivity index (χ3v) is 4.51. The highest BCUT2D eigenvalue weighted by Crippen LogP contribution is 2.33. The predicted octanol–water partition coefficient (Wildman–Crippen LogP) is 4.96. The van der Waals surface area contributed by atoms with Crippen LogP contribution < -0.4 is 10.2 Å². The summed E-state index contributed by atoms with van der Waals surface area (Å²) in [4.78, 5) is 11.0. The molecule has 1 N–H and O–H groups in total. The van der Waals surface area contributed by atoms with Gasteiger partial charge >= 0.3 is 0 Å². The minimum Gasteiger partial charge on any atom is -0.339 e. The monoisotopic (exact) mass is 336 g/mol. The molecule has 0 bridgehead atoms. The largest absolute Gasteiger partial charge is 0.339 e. The molecule has 24 heavy (non-hydrogen) atoms. The molecule has 0 aliphatic carbocycles. The summed E-state index contributed by atoms with van der Waals surface area (Å²) in [6.45, 7) is 0.958. The van der Waals surface area contributed by atoms with E-state index >= 15 is 0 Å². The lowest BCUT2D eigenvalue weighted by atomic mass is 10.0. The van der Waals surface area contributed by atoms with E-state index in [9.17, 15) is 0 Å². The van der Waals surface area contributed by atoms with E-state index in [1.54, 1.807) is 6.33 Å². The van der Waals surface area contributed by atoms with Crippen molar-refractivity contribution in [3.8, 4) is 0 Å². The predicted molar refractivity (Wildman–Crippen MR) is 98.5 cm³/mol. The maximum absolute atomic E-state index is 6.21. The molecule has 2 heterocycles. The lowest BCUT2D eigenvalue weighted by molar-refractivity contribution is 0.758. The SMILES string of the molecule is Clc1ccccc1Nc1cc(N2CCCc3ccccc32)ncn1. The number of rotatable bonds is 3. The summed E-state index contributed by atoms with van der Waals surface area (Å²) in [6.07, 6.45) is 3.82. The molecule has 2 aromatic carbocycles. The number of nitrogens with one attached hydrogen (secondary N) is 1. The summed E-state index contributed by atoms with van der Waals surface area (Å²) >= 11 is 6.21.